The number of hydrogen-bond donors (Lipinski definition) is 2. The van der Waals surface area contributed by atoms with Crippen molar-refractivity contribution < 1.29 is 9.53 Å². The van der Waals surface area contributed by atoms with Crippen LogP contribution in [-0.4, -0.2) is 55.1 Å². The van der Waals surface area contributed by atoms with E-state index in [9.17, 15) is 4.79 Å². The van der Waals surface area contributed by atoms with Crippen molar-refractivity contribution in [3.63, 3.8) is 0 Å². The van der Waals surface area contributed by atoms with Gasteiger partial charge in [0.1, 0.15) is 0 Å². The van der Waals surface area contributed by atoms with Gasteiger partial charge in [0.25, 0.3) is 0 Å². The molecular weight excluding hydrogens is 340 g/mol. The second kappa shape index (κ2) is 8.93. The number of methoxy groups -OCH3 is 1. The molecule has 3 rings (SSSR count). The Kier molecular flexibility index (Phi) is 6.37. The topological polar surface area (TPSA) is 69.7 Å². The van der Waals surface area contributed by atoms with Crippen LogP contribution in [0.15, 0.2) is 29.4 Å². The summed E-state index contributed by atoms with van der Waals surface area (Å²) in [7, 11) is 1.46. The van der Waals surface area contributed by atoms with Crippen LogP contribution < -0.4 is 5.32 Å². The number of rotatable bonds is 5. The van der Waals surface area contributed by atoms with Crippen LogP contribution in [0.1, 0.15) is 30.9 Å². The molecule has 6 heteroatoms. The Hall–Kier alpha value is -2.50. The van der Waals surface area contributed by atoms with Crippen LogP contribution in [0.2, 0.25) is 0 Å². The number of guanidine groups is 1. The minimum atomic E-state index is -0.0914. The maximum atomic E-state index is 11.7. The summed E-state index contributed by atoms with van der Waals surface area (Å²) in [4.78, 5) is 22.2. The highest BCUT2D eigenvalue weighted by Crippen LogP contribution is 2.22. The lowest BCUT2D eigenvalue weighted by Gasteiger charge is -2.33. The largest absolute Gasteiger partial charge is 0.469 e. The fraction of sp³-hybridized carbons (Fsp3) is 0.524. The number of fused-ring (bicyclic) bond motifs is 1. The molecule has 1 saturated heterocycles. The first kappa shape index (κ1) is 19.3. The number of H-pyrrole nitrogens is 1. The lowest BCUT2D eigenvalue weighted by Crippen LogP contribution is -2.46. The molecule has 2 N–H and O–H groups in total. The first-order valence-corrected chi connectivity index (χ1v) is 9.80. The number of aromatic amines is 1. The van der Waals surface area contributed by atoms with Gasteiger partial charge in [-0.3, -0.25) is 9.79 Å². The van der Waals surface area contributed by atoms with Crippen molar-refractivity contribution in [3.8, 4) is 0 Å². The highest BCUT2D eigenvalue weighted by Gasteiger charge is 2.26. The normalized spacial score (nSPS) is 16.0. The Labute approximate surface area is 161 Å². The third-order valence-electron chi connectivity index (χ3n) is 5.30. The number of likely N-dealkylation sites (tertiary alicyclic amines) is 1. The van der Waals surface area contributed by atoms with Gasteiger partial charge in [-0.2, -0.15) is 0 Å². The third-order valence-corrected chi connectivity index (χ3v) is 5.30. The Morgan fingerprint density at radius 1 is 1.37 bits per heavy atom. The van der Waals surface area contributed by atoms with E-state index >= 15 is 0 Å². The second-order valence-corrected chi connectivity index (χ2v) is 7.08. The molecule has 6 nitrogen and oxygen atoms in total. The van der Waals surface area contributed by atoms with Crippen molar-refractivity contribution >= 4 is 22.8 Å². The number of nitrogens with zero attached hydrogens (tertiary/aromatic N) is 2. The molecule has 1 fully saturated rings. The average molecular weight is 370 g/mol. The highest BCUT2D eigenvalue weighted by atomic mass is 16.5. The Morgan fingerprint density at radius 3 is 2.85 bits per heavy atom. The number of hydrogen-bond acceptors (Lipinski definition) is 3. The maximum absolute atomic E-state index is 11.7. The number of aromatic nitrogens is 1. The molecule has 1 aromatic carbocycles. The smallest absolute Gasteiger partial charge is 0.308 e. The summed E-state index contributed by atoms with van der Waals surface area (Å²) in [6.07, 6.45) is 4.64. The maximum Gasteiger partial charge on any atom is 0.308 e. The van der Waals surface area contributed by atoms with E-state index in [1.807, 2.05) is 0 Å². The third kappa shape index (κ3) is 4.43. The molecule has 0 unspecified atom stereocenters. The highest BCUT2D eigenvalue weighted by molar-refractivity contribution is 5.86. The molecule has 0 amide bonds. The Morgan fingerprint density at radius 2 is 2.15 bits per heavy atom. The van der Waals surface area contributed by atoms with Crippen molar-refractivity contribution in [2.45, 2.75) is 33.1 Å². The van der Waals surface area contributed by atoms with Crippen LogP contribution in [0.5, 0.6) is 0 Å². The quantitative estimate of drug-likeness (QED) is 0.482. The molecule has 0 aliphatic carbocycles. The lowest BCUT2D eigenvalue weighted by molar-refractivity contribution is -0.146. The molecule has 2 aromatic rings. The average Bonchev–Trinajstić information content (AvgIpc) is 3.11. The van der Waals surface area contributed by atoms with Gasteiger partial charge in [0.05, 0.1) is 13.0 Å². The molecular formula is C21H30N4O2. The standard InChI is InChI=1S/C21H30N4O2/c1-4-22-21(25-12-9-16(10-13-25)20(26)27-3)23-11-8-17-14-24-18-7-5-6-15(2)19(17)18/h5-7,14,16,24H,4,8-13H2,1-3H3,(H,22,23). The second-order valence-electron chi connectivity index (χ2n) is 7.08. The predicted molar refractivity (Wildman–Crippen MR) is 109 cm³/mol. The van der Waals surface area contributed by atoms with E-state index in [1.165, 1.54) is 29.1 Å². The molecule has 1 aliphatic rings. The van der Waals surface area contributed by atoms with Crippen LogP contribution in [0.3, 0.4) is 0 Å². The van der Waals surface area contributed by atoms with Crippen LogP contribution >= 0.6 is 0 Å². The lowest BCUT2D eigenvalue weighted by atomic mass is 9.97. The van der Waals surface area contributed by atoms with E-state index in [2.05, 4.69) is 53.4 Å². The number of carbonyl (C=O) groups is 1. The fourth-order valence-corrected chi connectivity index (χ4v) is 3.85. The first-order chi connectivity index (χ1) is 13.1. The van der Waals surface area contributed by atoms with Gasteiger partial charge >= 0.3 is 5.97 Å². The number of esters is 1. The number of benzene rings is 1. The van der Waals surface area contributed by atoms with Gasteiger partial charge in [0.2, 0.25) is 0 Å². The van der Waals surface area contributed by atoms with E-state index in [4.69, 9.17) is 9.73 Å². The summed E-state index contributed by atoms with van der Waals surface area (Å²) in [5.74, 6) is 0.868. The van der Waals surface area contributed by atoms with E-state index in [-0.39, 0.29) is 11.9 Å². The van der Waals surface area contributed by atoms with E-state index in [0.29, 0.717) is 0 Å². The molecule has 2 heterocycles. The van der Waals surface area contributed by atoms with Gasteiger partial charge in [-0.15, -0.1) is 0 Å². The van der Waals surface area contributed by atoms with Crippen LogP contribution in [0.4, 0.5) is 0 Å². The van der Waals surface area contributed by atoms with Crippen LogP contribution in [-0.2, 0) is 16.0 Å². The number of piperidine rings is 1. The van der Waals surface area contributed by atoms with Gasteiger partial charge < -0.3 is 19.9 Å². The van der Waals surface area contributed by atoms with Crippen molar-refractivity contribution in [1.29, 1.82) is 0 Å². The van der Waals surface area contributed by atoms with Gasteiger partial charge in [-0.1, -0.05) is 12.1 Å². The molecule has 0 saturated carbocycles. The zero-order valence-electron chi connectivity index (χ0n) is 16.5. The van der Waals surface area contributed by atoms with Gasteiger partial charge in [-0.05, 0) is 50.3 Å². The molecule has 27 heavy (non-hydrogen) atoms. The molecule has 1 aliphatic heterocycles. The number of aryl methyl sites for hydroxylation is 1. The monoisotopic (exact) mass is 370 g/mol. The molecule has 0 spiro atoms. The van der Waals surface area contributed by atoms with Crippen molar-refractivity contribution in [1.82, 2.24) is 15.2 Å². The molecule has 1 aromatic heterocycles. The van der Waals surface area contributed by atoms with E-state index < -0.39 is 0 Å². The number of carbonyl (C=O) groups excluding carboxylic acids is 1. The first-order valence-electron chi connectivity index (χ1n) is 9.80. The SMILES string of the molecule is CCNC(=NCCc1c[nH]c2cccc(C)c12)N1CCC(C(=O)OC)CC1. The summed E-state index contributed by atoms with van der Waals surface area (Å²) in [6.45, 7) is 7.47. The van der Waals surface area contributed by atoms with Gasteiger partial charge in [0.15, 0.2) is 5.96 Å². The zero-order chi connectivity index (χ0) is 19.2. The van der Waals surface area contributed by atoms with Crippen LogP contribution in [0, 0.1) is 12.8 Å². The number of ether oxygens (including phenoxy) is 1. The summed E-state index contributed by atoms with van der Waals surface area (Å²) < 4.78 is 4.88. The van der Waals surface area contributed by atoms with Crippen LogP contribution in [0.25, 0.3) is 10.9 Å². The molecule has 146 valence electrons. The van der Waals surface area contributed by atoms with Crippen molar-refractivity contribution in [3.05, 3.63) is 35.5 Å². The summed E-state index contributed by atoms with van der Waals surface area (Å²) in [6, 6.07) is 6.35. The fourth-order valence-electron chi connectivity index (χ4n) is 3.85. The predicted octanol–water partition coefficient (Wildman–Crippen LogP) is 2.87. The minimum Gasteiger partial charge on any atom is -0.469 e. The number of nitrogens with one attached hydrogen (secondary N) is 2. The van der Waals surface area contributed by atoms with E-state index in [1.54, 1.807) is 0 Å². The minimum absolute atomic E-state index is 0.0170. The Balaban J connectivity index is 1.63. The van der Waals surface area contributed by atoms with E-state index in [0.717, 1.165) is 51.4 Å². The molecule has 0 atom stereocenters. The zero-order valence-corrected chi connectivity index (χ0v) is 16.5. The van der Waals surface area contributed by atoms with Crippen molar-refractivity contribution in [2.24, 2.45) is 10.9 Å². The molecule has 0 radical (unpaired) electrons. The summed E-state index contributed by atoms with van der Waals surface area (Å²) >= 11 is 0. The van der Waals surface area contributed by atoms with Crippen molar-refractivity contribution in [2.75, 3.05) is 33.3 Å². The summed E-state index contributed by atoms with van der Waals surface area (Å²) in [5, 5.41) is 4.71. The number of aliphatic imine (C=N–C) groups is 1. The Bertz CT molecular complexity index is 804. The van der Waals surface area contributed by atoms with Gasteiger partial charge in [0, 0.05) is 43.3 Å². The molecule has 0 bridgehead atoms. The van der Waals surface area contributed by atoms with Gasteiger partial charge in [-0.25, -0.2) is 0 Å². The summed E-state index contributed by atoms with van der Waals surface area (Å²) in [5.41, 5.74) is 3.79.